The number of benzene rings is 8. The molecule has 0 aliphatic heterocycles. The Morgan fingerprint density at radius 2 is 1.06 bits per heavy atom. The zero-order chi connectivity index (χ0) is 33.7. The minimum Gasteiger partial charge on any atom is -0.456 e. The highest BCUT2D eigenvalue weighted by Crippen LogP contribution is 2.43. The summed E-state index contributed by atoms with van der Waals surface area (Å²) in [4.78, 5) is 7.16. The molecule has 0 radical (unpaired) electrons. The van der Waals surface area contributed by atoms with Crippen molar-refractivity contribution in [3.8, 4) is 33.7 Å². The summed E-state index contributed by atoms with van der Waals surface area (Å²) in [6, 6.07) is 63.6. The lowest BCUT2D eigenvalue weighted by Gasteiger charge is -2.26. The first kappa shape index (κ1) is 29.0. The standard InChI is InChI=1S/C47H30N2O2/c1-2-10-31(11-3-1)35-14-8-15-38(29-35)49(37-24-22-33(23-25-37)36-21-20-32-12-4-5-13-34(32)28-36)39-26-27-43-41(30-39)46-40(16-9-19-45(46)50-43)47-48-42-17-6-7-18-44(42)51-47/h1-30H. The van der Waals surface area contributed by atoms with Crippen LogP contribution in [-0.4, -0.2) is 4.98 Å². The van der Waals surface area contributed by atoms with Gasteiger partial charge in [0.1, 0.15) is 16.7 Å². The van der Waals surface area contributed by atoms with Gasteiger partial charge in [-0.15, -0.1) is 0 Å². The summed E-state index contributed by atoms with van der Waals surface area (Å²) in [6.07, 6.45) is 0. The van der Waals surface area contributed by atoms with E-state index in [1.165, 1.54) is 27.5 Å². The second-order valence-electron chi connectivity index (χ2n) is 12.8. The SMILES string of the molecule is c1ccc(-c2cccc(N(c3ccc(-c4ccc5ccccc5c4)cc3)c3ccc4oc5cccc(-c6nc7ccccc7o6)c5c4c3)c2)cc1. The Bertz CT molecular complexity index is 2830. The van der Waals surface area contributed by atoms with Crippen molar-refractivity contribution in [3.05, 3.63) is 182 Å². The molecule has 0 spiro atoms. The highest BCUT2D eigenvalue weighted by atomic mass is 16.3. The van der Waals surface area contributed by atoms with E-state index in [9.17, 15) is 0 Å². The van der Waals surface area contributed by atoms with E-state index in [0.717, 1.165) is 61.2 Å². The van der Waals surface area contributed by atoms with Crippen LogP contribution in [0.1, 0.15) is 0 Å². The van der Waals surface area contributed by atoms with Crippen molar-refractivity contribution in [2.75, 3.05) is 4.90 Å². The zero-order valence-electron chi connectivity index (χ0n) is 27.5. The van der Waals surface area contributed by atoms with E-state index < -0.39 is 0 Å². The zero-order valence-corrected chi connectivity index (χ0v) is 27.5. The quantitative estimate of drug-likeness (QED) is 0.179. The molecule has 10 rings (SSSR count). The molecule has 0 saturated carbocycles. The fourth-order valence-corrected chi connectivity index (χ4v) is 7.19. The van der Waals surface area contributed by atoms with Crippen LogP contribution >= 0.6 is 0 Å². The number of hydrogen-bond donors (Lipinski definition) is 0. The van der Waals surface area contributed by atoms with Gasteiger partial charge in [0.25, 0.3) is 0 Å². The Morgan fingerprint density at radius 1 is 0.392 bits per heavy atom. The van der Waals surface area contributed by atoms with Crippen LogP contribution in [0.3, 0.4) is 0 Å². The lowest BCUT2D eigenvalue weighted by atomic mass is 10.0. The molecular formula is C47H30N2O2. The fourth-order valence-electron chi connectivity index (χ4n) is 7.19. The third-order valence-electron chi connectivity index (χ3n) is 9.68. The van der Waals surface area contributed by atoms with E-state index in [-0.39, 0.29) is 0 Å². The topological polar surface area (TPSA) is 42.4 Å². The molecule has 0 N–H and O–H groups in total. The van der Waals surface area contributed by atoms with Gasteiger partial charge in [-0.2, -0.15) is 0 Å². The normalized spacial score (nSPS) is 11.5. The van der Waals surface area contributed by atoms with Crippen molar-refractivity contribution >= 4 is 60.9 Å². The third-order valence-corrected chi connectivity index (χ3v) is 9.68. The van der Waals surface area contributed by atoms with Crippen LogP contribution in [0.25, 0.3) is 77.5 Å². The Kier molecular flexibility index (Phi) is 6.78. The van der Waals surface area contributed by atoms with Crippen molar-refractivity contribution in [2.45, 2.75) is 0 Å². The van der Waals surface area contributed by atoms with Gasteiger partial charge < -0.3 is 13.7 Å². The van der Waals surface area contributed by atoms with Crippen LogP contribution < -0.4 is 4.90 Å². The first-order valence-corrected chi connectivity index (χ1v) is 17.1. The third kappa shape index (κ3) is 5.13. The molecule has 2 aromatic heterocycles. The summed E-state index contributed by atoms with van der Waals surface area (Å²) in [5, 5.41) is 4.45. The van der Waals surface area contributed by atoms with Crippen molar-refractivity contribution in [2.24, 2.45) is 0 Å². The molecule has 4 nitrogen and oxygen atoms in total. The molecule has 0 aliphatic carbocycles. The first-order valence-electron chi connectivity index (χ1n) is 17.1. The molecule has 10 aromatic rings. The van der Waals surface area contributed by atoms with Crippen LogP contribution in [0.5, 0.6) is 0 Å². The van der Waals surface area contributed by atoms with E-state index in [0.29, 0.717) is 5.89 Å². The summed E-state index contributed by atoms with van der Waals surface area (Å²) in [6.45, 7) is 0. The van der Waals surface area contributed by atoms with Crippen LogP contribution in [0.4, 0.5) is 17.1 Å². The van der Waals surface area contributed by atoms with Gasteiger partial charge in [-0.3, -0.25) is 0 Å². The Hall–Kier alpha value is -6.91. The van der Waals surface area contributed by atoms with Crippen LogP contribution in [0.2, 0.25) is 0 Å². The Balaban J connectivity index is 1.13. The van der Waals surface area contributed by atoms with Gasteiger partial charge in [-0.1, -0.05) is 109 Å². The smallest absolute Gasteiger partial charge is 0.228 e. The van der Waals surface area contributed by atoms with E-state index in [2.05, 4.69) is 150 Å². The number of para-hydroxylation sites is 2. The molecule has 0 bridgehead atoms. The molecule has 0 amide bonds. The van der Waals surface area contributed by atoms with Crippen LogP contribution in [0, 0.1) is 0 Å². The Morgan fingerprint density at radius 3 is 1.94 bits per heavy atom. The molecule has 0 unspecified atom stereocenters. The number of furan rings is 1. The van der Waals surface area contributed by atoms with Gasteiger partial charge in [0, 0.05) is 33.4 Å². The summed E-state index contributed by atoms with van der Waals surface area (Å²) < 4.78 is 12.7. The van der Waals surface area contributed by atoms with Crippen molar-refractivity contribution < 1.29 is 8.83 Å². The number of rotatable bonds is 6. The predicted molar refractivity (Wildman–Crippen MR) is 210 cm³/mol. The lowest BCUT2D eigenvalue weighted by molar-refractivity contribution is 0.620. The van der Waals surface area contributed by atoms with E-state index in [4.69, 9.17) is 13.8 Å². The van der Waals surface area contributed by atoms with Gasteiger partial charge in [-0.25, -0.2) is 4.98 Å². The van der Waals surface area contributed by atoms with Gasteiger partial charge >= 0.3 is 0 Å². The van der Waals surface area contributed by atoms with E-state index in [1.54, 1.807) is 0 Å². The fraction of sp³-hybridized carbons (Fsp3) is 0. The van der Waals surface area contributed by atoms with Gasteiger partial charge in [0.2, 0.25) is 5.89 Å². The minimum absolute atomic E-state index is 0.576. The summed E-state index contributed by atoms with van der Waals surface area (Å²) in [5.41, 5.74) is 11.9. The second kappa shape index (κ2) is 11.9. The molecular weight excluding hydrogens is 625 g/mol. The maximum Gasteiger partial charge on any atom is 0.228 e. The summed E-state index contributed by atoms with van der Waals surface area (Å²) in [7, 11) is 0. The number of fused-ring (bicyclic) bond motifs is 5. The molecule has 0 aliphatic rings. The molecule has 0 atom stereocenters. The highest BCUT2D eigenvalue weighted by molar-refractivity contribution is 6.13. The van der Waals surface area contributed by atoms with Gasteiger partial charge in [0.15, 0.2) is 5.58 Å². The summed E-state index contributed by atoms with van der Waals surface area (Å²) >= 11 is 0. The second-order valence-corrected chi connectivity index (χ2v) is 12.8. The molecule has 4 heteroatoms. The molecule has 8 aromatic carbocycles. The van der Waals surface area contributed by atoms with Crippen molar-refractivity contribution in [1.82, 2.24) is 4.98 Å². The number of aromatic nitrogens is 1. The number of oxazole rings is 1. The maximum absolute atomic E-state index is 6.42. The van der Waals surface area contributed by atoms with Gasteiger partial charge in [-0.05, 0) is 106 Å². The van der Waals surface area contributed by atoms with Crippen molar-refractivity contribution in [1.29, 1.82) is 0 Å². The molecule has 51 heavy (non-hydrogen) atoms. The molecule has 0 fully saturated rings. The van der Waals surface area contributed by atoms with Crippen molar-refractivity contribution in [3.63, 3.8) is 0 Å². The minimum atomic E-state index is 0.576. The summed E-state index contributed by atoms with van der Waals surface area (Å²) in [5.74, 6) is 0.576. The average molecular weight is 655 g/mol. The molecule has 2 heterocycles. The predicted octanol–water partition coefficient (Wildman–Crippen LogP) is 13.4. The maximum atomic E-state index is 6.42. The van der Waals surface area contributed by atoms with Crippen LogP contribution in [0.15, 0.2) is 191 Å². The number of anilines is 3. The molecule has 240 valence electrons. The van der Waals surface area contributed by atoms with E-state index >= 15 is 0 Å². The number of hydrogen-bond acceptors (Lipinski definition) is 4. The largest absolute Gasteiger partial charge is 0.456 e. The van der Waals surface area contributed by atoms with E-state index in [1.807, 2.05) is 36.4 Å². The first-order chi connectivity index (χ1) is 25.2. The number of nitrogens with zero attached hydrogens (tertiary/aromatic N) is 2. The highest BCUT2D eigenvalue weighted by Gasteiger charge is 2.20. The van der Waals surface area contributed by atoms with Gasteiger partial charge in [0.05, 0.1) is 0 Å². The van der Waals surface area contributed by atoms with Crippen LogP contribution in [-0.2, 0) is 0 Å². The average Bonchev–Trinajstić information content (AvgIpc) is 3.80. The molecule has 0 saturated heterocycles. The Labute approximate surface area is 294 Å². The lowest BCUT2D eigenvalue weighted by Crippen LogP contribution is -2.10. The monoisotopic (exact) mass is 654 g/mol.